The largest absolute Gasteiger partial charge is 0.391 e. The van der Waals surface area contributed by atoms with E-state index in [0.29, 0.717) is 12.5 Å². The molecular weight excluding hydrogens is 272 g/mol. The van der Waals surface area contributed by atoms with Crippen molar-refractivity contribution in [2.45, 2.75) is 44.9 Å². The fraction of sp³-hybridized carbons (Fsp3) is 0.714. The molecule has 0 bridgehead atoms. The lowest BCUT2D eigenvalue weighted by Gasteiger charge is -2.20. The molecule has 0 amide bonds. The highest BCUT2D eigenvalue weighted by atomic mass is 32.2. The summed E-state index contributed by atoms with van der Waals surface area (Å²) in [6, 6.07) is 1.88. The fourth-order valence-electron chi connectivity index (χ4n) is 2.09. The Kier molecular flexibility index (Phi) is 7.69. The van der Waals surface area contributed by atoms with Gasteiger partial charge in [-0.05, 0) is 19.1 Å². The van der Waals surface area contributed by atoms with Crippen molar-refractivity contribution >= 4 is 23.4 Å². The van der Waals surface area contributed by atoms with E-state index in [-0.39, 0.29) is 6.10 Å². The minimum atomic E-state index is -0.347. The van der Waals surface area contributed by atoms with Gasteiger partial charge in [0.15, 0.2) is 5.16 Å². The van der Waals surface area contributed by atoms with E-state index in [0.717, 1.165) is 36.2 Å². The Bertz CT molecular complexity index is 399. The molecule has 0 aliphatic carbocycles. The van der Waals surface area contributed by atoms with Crippen molar-refractivity contribution < 1.29 is 5.11 Å². The molecule has 0 spiro atoms. The molecule has 1 aromatic heterocycles. The summed E-state index contributed by atoms with van der Waals surface area (Å²) in [6.45, 7) is 7.59. The molecule has 0 aromatic carbocycles. The van der Waals surface area contributed by atoms with Crippen LogP contribution in [0.2, 0.25) is 0 Å². The Hall–Kier alpha value is -1.01. The van der Waals surface area contributed by atoms with Crippen LogP contribution in [0, 0.1) is 5.92 Å². The Morgan fingerprint density at radius 2 is 1.75 bits per heavy atom. The van der Waals surface area contributed by atoms with Gasteiger partial charge in [0.05, 0.1) is 6.10 Å². The van der Waals surface area contributed by atoms with Crippen LogP contribution in [0.1, 0.15) is 33.6 Å². The molecule has 6 heteroatoms. The van der Waals surface area contributed by atoms with Crippen LogP contribution < -0.4 is 10.6 Å². The van der Waals surface area contributed by atoms with Crippen LogP contribution >= 0.6 is 11.8 Å². The summed E-state index contributed by atoms with van der Waals surface area (Å²) in [5, 5.41) is 17.3. The van der Waals surface area contributed by atoms with Gasteiger partial charge in [0.1, 0.15) is 11.6 Å². The van der Waals surface area contributed by atoms with Gasteiger partial charge in [-0.2, -0.15) is 0 Å². The molecule has 1 aromatic rings. The topological polar surface area (TPSA) is 70.1 Å². The number of anilines is 2. The SMILES string of the molecule is CCNc1cc(NCC(O)C(CC)CC)nc(SC)n1. The smallest absolute Gasteiger partial charge is 0.191 e. The van der Waals surface area contributed by atoms with Crippen LogP contribution in [0.5, 0.6) is 0 Å². The Morgan fingerprint density at radius 1 is 1.15 bits per heavy atom. The Morgan fingerprint density at radius 3 is 2.25 bits per heavy atom. The number of aliphatic hydroxyl groups excluding tert-OH is 1. The molecule has 1 rings (SSSR count). The third-order valence-corrected chi connectivity index (χ3v) is 3.88. The second-order valence-electron chi connectivity index (χ2n) is 4.68. The third kappa shape index (κ3) is 5.17. The number of thioether (sulfide) groups is 1. The molecule has 0 saturated heterocycles. The van der Waals surface area contributed by atoms with Gasteiger partial charge in [-0.1, -0.05) is 38.5 Å². The standard InChI is InChI=1S/C14H26N4OS/c1-5-10(6-2)11(19)9-16-13-8-12(15-7-3)17-14(18-13)20-4/h8,10-11,19H,5-7,9H2,1-4H3,(H2,15,16,17,18). The predicted octanol–water partition coefficient (Wildman–Crippen LogP) is 2.84. The maximum atomic E-state index is 10.1. The zero-order valence-corrected chi connectivity index (χ0v) is 13.6. The first-order chi connectivity index (χ1) is 9.64. The van der Waals surface area contributed by atoms with Crippen molar-refractivity contribution in [2.75, 3.05) is 30.0 Å². The Balaban J connectivity index is 2.68. The van der Waals surface area contributed by atoms with Gasteiger partial charge in [-0.25, -0.2) is 9.97 Å². The highest BCUT2D eigenvalue weighted by molar-refractivity contribution is 7.98. The summed E-state index contributed by atoms with van der Waals surface area (Å²) in [5.41, 5.74) is 0. The highest BCUT2D eigenvalue weighted by Crippen LogP contribution is 2.18. The molecule has 20 heavy (non-hydrogen) atoms. The predicted molar refractivity (Wildman–Crippen MR) is 86.5 cm³/mol. The van der Waals surface area contributed by atoms with E-state index in [4.69, 9.17) is 0 Å². The number of hydrogen-bond donors (Lipinski definition) is 3. The monoisotopic (exact) mass is 298 g/mol. The number of nitrogens with zero attached hydrogens (tertiary/aromatic N) is 2. The molecule has 0 aliphatic heterocycles. The van der Waals surface area contributed by atoms with Crippen molar-refractivity contribution in [3.8, 4) is 0 Å². The number of aromatic nitrogens is 2. The molecule has 5 nitrogen and oxygen atoms in total. The molecule has 0 aliphatic rings. The van der Waals surface area contributed by atoms with Crippen LogP contribution in [-0.4, -0.2) is 40.5 Å². The molecule has 1 heterocycles. The van der Waals surface area contributed by atoms with Crippen LogP contribution in [0.3, 0.4) is 0 Å². The zero-order chi connectivity index (χ0) is 15.0. The second-order valence-corrected chi connectivity index (χ2v) is 5.45. The molecule has 114 valence electrons. The first kappa shape index (κ1) is 17.0. The number of hydrogen-bond acceptors (Lipinski definition) is 6. The van der Waals surface area contributed by atoms with Crippen molar-refractivity contribution in [3.05, 3.63) is 6.07 Å². The van der Waals surface area contributed by atoms with Gasteiger partial charge in [0, 0.05) is 19.2 Å². The number of nitrogens with one attached hydrogen (secondary N) is 2. The van der Waals surface area contributed by atoms with E-state index < -0.39 is 0 Å². The summed E-state index contributed by atoms with van der Waals surface area (Å²) >= 11 is 1.51. The van der Waals surface area contributed by atoms with Crippen molar-refractivity contribution in [1.29, 1.82) is 0 Å². The van der Waals surface area contributed by atoms with Gasteiger partial charge in [-0.3, -0.25) is 0 Å². The molecule has 1 atom stereocenters. The van der Waals surface area contributed by atoms with Gasteiger partial charge >= 0.3 is 0 Å². The summed E-state index contributed by atoms with van der Waals surface area (Å²) in [7, 11) is 0. The lowest BCUT2D eigenvalue weighted by atomic mass is 9.97. The van der Waals surface area contributed by atoms with E-state index in [9.17, 15) is 5.11 Å². The van der Waals surface area contributed by atoms with Crippen LogP contribution in [-0.2, 0) is 0 Å². The van der Waals surface area contributed by atoms with Crippen LogP contribution in [0.15, 0.2) is 11.2 Å². The fourth-order valence-corrected chi connectivity index (χ4v) is 2.47. The molecule has 1 unspecified atom stereocenters. The highest BCUT2D eigenvalue weighted by Gasteiger charge is 2.15. The van der Waals surface area contributed by atoms with E-state index in [1.165, 1.54) is 11.8 Å². The maximum Gasteiger partial charge on any atom is 0.191 e. The van der Waals surface area contributed by atoms with Gasteiger partial charge in [0.25, 0.3) is 0 Å². The van der Waals surface area contributed by atoms with Gasteiger partial charge in [-0.15, -0.1) is 0 Å². The van der Waals surface area contributed by atoms with Gasteiger partial charge in [0.2, 0.25) is 0 Å². The molecule has 0 fully saturated rings. The van der Waals surface area contributed by atoms with Gasteiger partial charge < -0.3 is 15.7 Å². The third-order valence-electron chi connectivity index (χ3n) is 3.33. The van der Waals surface area contributed by atoms with E-state index in [2.05, 4.69) is 34.4 Å². The van der Waals surface area contributed by atoms with Crippen molar-refractivity contribution in [3.63, 3.8) is 0 Å². The van der Waals surface area contributed by atoms with E-state index in [1.807, 2.05) is 19.2 Å². The minimum absolute atomic E-state index is 0.331. The maximum absolute atomic E-state index is 10.1. The minimum Gasteiger partial charge on any atom is -0.391 e. The Labute approximate surface area is 126 Å². The van der Waals surface area contributed by atoms with Crippen LogP contribution in [0.4, 0.5) is 11.6 Å². The second kappa shape index (κ2) is 9.02. The average Bonchev–Trinajstić information content (AvgIpc) is 2.46. The summed E-state index contributed by atoms with van der Waals surface area (Å²) < 4.78 is 0. The number of aliphatic hydroxyl groups is 1. The lowest BCUT2D eigenvalue weighted by Crippen LogP contribution is -2.28. The summed E-state index contributed by atoms with van der Waals surface area (Å²) in [6.07, 6.45) is 3.58. The zero-order valence-electron chi connectivity index (χ0n) is 12.8. The summed E-state index contributed by atoms with van der Waals surface area (Å²) in [4.78, 5) is 8.78. The molecule has 3 N–H and O–H groups in total. The normalized spacial score (nSPS) is 12.5. The first-order valence-corrected chi connectivity index (χ1v) is 8.45. The van der Waals surface area contributed by atoms with Crippen LogP contribution in [0.25, 0.3) is 0 Å². The van der Waals surface area contributed by atoms with E-state index in [1.54, 1.807) is 0 Å². The first-order valence-electron chi connectivity index (χ1n) is 7.23. The average molecular weight is 298 g/mol. The quantitative estimate of drug-likeness (QED) is 0.481. The summed E-state index contributed by atoms with van der Waals surface area (Å²) in [5.74, 6) is 1.90. The lowest BCUT2D eigenvalue weighted by molar-refractivity contribution is 0.114. The van der Waals surface area contributed by atoms with E-state index >= 15 is 0 Å². The molecule has 0 radical (unpaired) electrons. The molecular formula is C14H26N4OS. The molecule has 0 saturated carbocycles. The number of rotatable bonds is 9. The van der Waals surface area contributed by atoms with Crippen molar-refractivity contribution in [1.82, 2.24) is 9.97 Å². The van der Waals surface area contributed by atoms with Crippen molar-refractivity contribution in [2.24, 2.45) is 5.92 Å².